The average Bonchev–Trinajstić information content (AvgIpc) is 3.04. The van der Waals surface area contributed by atoms with Gasteiger partial charge < -0.3 is 19.9 Å². The molecule has 1 amide bonds. The number of benzene rings is 1. The van der Waals surface area contributed by atoms with E-state index in [1.54, 1.807) is 53.8 Å². The van der Waals surface area contributed by atoms with Gasteiger partial charge >= 0.3 is 5.69 Å². The molecule has 0 spiro atoms. The molecule has 9 nitrogen and oxygen atoms in total. The Morgan fingerprint density at radius 1 is 1.15 bits per heavy atom. The van der Waals surface area contributed by atoms with Gasteiger partial charge in [0.25, 0.3) is 5.75 Å². The summed E-state index contributed by atoms with van der Waals surface area (Å²) in [7, 11) is 3.37. The minimum absolute atomic E-state index is 0.00340. The second kappa shape index (κ2) is 10.1. The summed E-state index contributed by atoms with van der Waals surface area (Å²) in [6.45, 7) is 1.48. The number of aryl methyl sites for hydroxylation is 1. The lowest BCUT2D eigenvalue weighted by Crippen LogP contribution is -2.30. The van der Waals surface area contributed by atoms with Gasteiger partial charge in [-0.3, -0.25) is 13.9 Å². The van der Waals surface area contributed by atoms with Crippen LogP contribution in [0.3, 0.4) is 0 Å². The first kappa shape index (κ1) is 22.8. The van der Waals surface area contributed by atoms with E-state index in [0.29, 0.717) is 43.0 Å². The number of hydrogen-bond acceptors (Lipinski definition) is 5. The number of imidazole rings is 1. The van der Waals surface area contributed by atoms with Crippen molar-refractivity contribution < 1.29 is 19.4 Å². The quantitative estimate of drug-likeness (QED) is 0.415. The Labute approximate surface area is 192 Å². The largest absolute Gasteiger partial charge is 0.593 e. The maximum absolute atomic E-state index is 12.8. The summed E-state index contributed by atoms with van der Waals surface area (Å²) in [5.41, 5.74) is 2.25. The molecule has 0 atom stereocenters. The van der Waals surface area contributed by atoms with Crippen molar-refractivity contribution in [1.82, 2.24) is 14.1 Å². The van der Waals surface area contributed by atoms with Crippen LogP contribution in [0.25, 0.3) is 11.0 Å². The third-order valence-electron chi connectivity index (χ3n) is 6.34. The minimum Gasteiger partial charge on any atom is -0.593 e. The highest BCUT2D eigenvalue weighted by Gasteiger charge is 2.27. The maximum atomic E-state index is 12.8. The second-order valence-electron chi connectivity index (χ2n) is 8.59. The number of fused-ring (bicyclic) bond motifs is 1. The van der Waals surface area contributed by atoms with Gasteiger partial charge in [-0.15, -0.1) is 0 Å². The number of nitrogens with zero attached hydrogens (tertiary/aromatic N) is 3. The molecule has 3 aromatic rings. The molecular weight excluding hydrogens is 424 g/mol. The number of carbonyl (C=O) groups excluding carboxylic acids is 1. The van der Waals surface area contributed by atoms with Crippen LogP contribution in [0, 0.1) is 11.8 Å². The fourth-order valence-electron chi connectivity index (χ4n) is 4.49. The van der Waals surface area contributed by atoms with Crippen molar-refractivity contribution in [2.75, 3.05) is 25.6 Å². The first-order chi connectivity index (χ1) is 16.0. The van der Waals surface area contributed by atoms with Gasteiger partial charge in [-0.1, -0.05) is 0 Å². The molecule has 0 unspecified atom stereocenters. The number of ether oxygens (including phenoxy) is 2. The molecule has 0 aliphatic heterocycles. The molecule has 33 heavy (non-hydrogen) atoms. The number of hydrogen-bond donors (Lipinski definition) is 1. The highest BCUT2D eigenvalue weighted by atomic mass is 16.5. The van der Waals surface area contributed by atoms with E-state index in [2.05, 4.69) is 10.3 Å². The van der Waals surface area contributed by atoms with E-state index >= 15 is 0 Å². The van der Waals surface area contributed by atoms with Gasteiger partial charge in [0.2, 0.25) is 11.8 Å². The number of rotatable bonds is 8. The molecule has 4 rings (SSSR count). The van der Waals surface area contributed by atoms with Crippen LogP contribution in [0.4, 0.5) is 5.69 Å². The fraction of sp³-hybridized carbons (Fsp3) is 0.458. The zero-order chi connectivity index (χ0) is 23.4. The Morgan fingerprint density at radius 3 is 2.70 bits per heavy atom. The summed E-state index contributed by atoms with van der Waals surface area (Å²) < 4.78 is 13.9. The minimum atomic E-state index is -0.0589. The summed E-state index contributed by atoms with van der Waals surface area (Å²) in [4.78, 5) is 29.7. The number of nitrogens with one attached hydrogen (secondary N) is 1. The molecule has 0 radical (unpaired) electrons. The topological polar surface area (TPSA) is 110 Å². The molecule has 2 heterocycles. The summed E-state index contributed by atoms with van der Waals surface area (Å²) in [5.74, 6) is 1.11. The predicted molar refractivity (Wildman–Crippen MR) is 126 cm³/mol. The third-order valence-corrected chi connectivity index (χ3v) is 6.34. The molecule has 1 saturated carbocycles. The van der Waals surface area contributed by atoms with E-state index in [9.17, 15) is 9.59 Å². The van der Waals surface area contributed by atoms with Crippen molar-refractivity contribution in [3.8, 4) is 11.6 Å². The molecule has 0 saturated heterocycles. The number of pyridine rings is 1. The summed E-state index contributed by atoms with van der Waals surface area (Å²) >= 11 is 0. The van der Waals surface area contributed by atoms with Gasteiger partial charge in [-0.2, -0.15) is 0 Å². The first-order valence-corrected chi connectivity index (χ1v) is 11.3. The predicted octanol–water partition coefficient (Wildman–Crippen LogP) is 2.64. The average molecular weight is 456 g/mol. The van der Waals surface area contributed by atoms with Crippen molar-refractivity contribution in [2.45, 2.75) is 32.2 Å². The van der Waals surface area contributed by atoms with Crippen LogP contribution in [-0.2, 0) is 23.1 Å². The molecular formula is C24H31N4O5+. The van der Waals surface area contributed by atoms with Crippen LogP contribution in [0.1, 0.15) is 25.7 Å². The van der Waals surface area contributed by atoms with Crippen molar-refractivity contribution >= 4 is 22.6 Å². The normalized spacial score (nSPS) is 18.4. The number of anilines is 1. The van der Waals surface area contributed by atoms with Gasteiger partial charge in [-0.25, -0.2) is 9.78 Å². The second-order valence-corrected chi connectivity index (χ2v) is 8.59. The zero-order valence-electron chi connectivity index (χ0n) is 19.0. The number of carbonyl (C=O) groups is 1. The van der Waals surface area contributed by atoms with Crippen molar-refractivity contribution in [1.29, 1.82) is 0 Å². The Kier molecular flexibility index (Phi) is 6.98. The Morgan fingerprint density at radius 2 is 1.94 bits per heavy atom. The van der Waals surface area contributed by atoms with Crippen LogP contribution >= 0.6 is 0 Å². The van der Waals surface area contributed by atoms with Gasteiger partial charge in [0.05, 0.1) is 23.7 Å². The molecule has 0 bridgehead atoms. The highest BCUT2D eigenvalue weighted by molar-refractivity contribution is 5.92. The van der Waals surface area contributed by atoms with Crippen LogP contribution in [-0.4, -0.2) is 45.5 Å². The molecule has 1 aliphatic carbocycles. The van der Waals surface area contributed by atoms with Crippen LogP contribution in [0.5, 0.6) is 11.6 Å². The fourth-order valence-corrected chi connectivity index (χ4v) is 4.49. The molecule has 1 fully saturated rings. The summed E-state index contributed by atoms with van der Waals surface area (Å²) in [6, 6.07) is 8.74. The first-order valence-electron chi connectivity index (χ1n) is 11.3. The van der Waals surface area contributed by atoms with Crippen LogP contribution in [0.15, 0.2) is 41.3 Å². The Bertz CT molecular complexity index is 1180. The van der Waals surface area contributed by atoms with Gasteiger partial charge in [0.15, 0.2) is 0 Å². The molecule has 1 aromatic carbocycles. The summed E-state index contributed by atoms with van der Waals surface area (Å²) in [6.07, 6.45) is 4.93. The van der Waals surface area contributed by atoms with E-state index in [-0.39, 0.29) is 17.5 Å². The van der Waals surface area contributed by atoms with Gasteiger partial charge in [0.1, 0.15) is 6.61 Å². The number of amides is 1. The van der Waals surface area contributed by atoms with E-state index < -0.39 is 0 Å². The lowest BCUT2D eigenvalue weighted by Gasteiger charge is -2.28. The van der Waals surface area contributed by atoms with E-state index in [4.69, 9.17) is 14.6 Å². The van der Waals surface area contributed by atoms with Crippen LogP contribution in [0.2, 0.25) is 0 Å². The lowest BCUT2D eigenvalue weighted by atomic mass is 9.81. The molecule has 1 aliphatic rings. The van der Waals surface area contributed by atoms with Gasteiger partial charge in [-0.05, 0) is 43.7 Å². The van der Waals surface area contributed by atoms with Crippen molar-refractivity contribution in [3.05, 3.63) is 47.0 Å². The van der Waals surface area contributed by atoms with Gasteiger partial charge in [0, 0.05) is 50.6 Å². The molecule has 176 valence electrons. The Hall–Kier alpha value is -3.33. The standard InChI is InChI=1S/C24H30N4O5/c1-27-20-8-7-19(29)14-21(20)28(24(27)31)15-16-3-5-17(6-4-16)23(30)26-18-9-10-25-22(13-18)33-12-11-32-2/h7-10,13-14,16-17,29H,3-6,11-12,15H2,1-2H3,(H,25,26,30)/p+1. The number of methoxy groups -OCH3 is 1. The highest BCUT2D eigenvalue weighted by Crippen LogP contribution is 2.31. The SMILES string of the molecule is COCCOc1cc(NC(=O)C2CCC(Cn3c(=O)n(C)c4ccc([OH2+])cc43)CC2)ccn1. The van der Waals surface area contributed by atoms with Crippen molar-refractivity contribution in [3.63, 3.8) is 0 Å². The van der Waals surface area contributed by atoms with E-state index in [0.717, 1.165) is 36.7 Å². The molecule has 9 heteroatoms. The van der Waals surface area contributed by atoms with E-state index in [1.165, 1.54) is 0 Å². The van der Waals surface area contributed by atoms with E-state index in [1.807, 2.05) is 6.07 Å². The Balaban J connectivity index is 1.34. The maximum Gasteiger partial charge on any atom is 0.328 e. The third kappa shape index (κ3) is 5.19. The number of aromatic nitrogens is 3. The molecule has 3 N–H and O–H groups in total. The lowest BCUT2D eigenvalue weighted by molar-refractivity contribution is -0.121. The summed E-state index contributed by atoms with van der Waals surface area (Å²) in [5, 5.41) is 10.9. The monoisotopic (exact) mass is 455 g/mol. The van der Waals surface area contributed by atoms with Crippen LogP contribution < -0.4 is 15.7 Å². The smallest absolute Gasteiger partial charge is 0.328 e. The van der Waals surface area contributed by atoms with Crippen molar-refractivity contribution in [2.24, 2.45) is 18.9 Å². The molecule has 2 aromatic heterocycles. The zero-order valence-corrected chi connectivity index (χ0v) is 19.0.